The summed E-state index contributed by atoms with van der Waals surface area (Å²) < 4.78 is 3.37. The average Bonchev–Trinajstić information content (AvgIpc) is 2.86. The van der Waals surface area contributed by atoms with Crippen LogP contribution in [0.2, 0.25) is 0 Å². The lowest BCUT2D eigenvalue weighted by molar-refractivity contribution is 0.1000. The van der Waals surface area contributed by atoms with Gasteiger partial charge in [0.05, 0.1) is 5.56 Å². The van der Waals surface area contributed by atoms with E-state index < -0.39 is 0 Å². The van der Waals surface area contributed by atoms with Crippen LogP contribution in [-0.2, 0) is 13.0 Å². The zero-order valence-electron chi connectivity index (χ0n) is 16.4. The number of carbonyl (C=O) groups excluding carboxylic acids is 1. The largest absolute Gasteiger partial charge is 0.366 e. The third kappa shape index (κ3) is 4.79. The molecular weight excluding hydrogens is 388 g/mol. The molecule has 0 saturated carbocycles. The molecule has 2 aromatic rings. The van der Waals surface area contributed by atoms with Gasteiger partial charge in [-0.1, -0.05) is 61.7 Å². The predicted molar refractivity (Wildman–Crippen MR) is 114 cm³/mol. The number of hydrogen-bond donors (Lipinski definition) is 1. The lowest BCUT2D eigenvalue weighted by Gasteiger charge is -2.14. The van der Waals surface area contributed by atoms with Crippen molar-refractivity contribution in [2.45, 2.75) is 66.3 Å². The molecule has 1 aromatic carbocycles. The van der Waals surface area contributed by atoms with E-state index in [1.54, 1.807) is 0 Å². The SMILES string of the molecule is CCCCCc1c(-c2ccc(Br)cc2)c(C(N)=O)c(C)n1CCC(C)C. The van der Waals surface area contributed by atoms with E-state index in [9.17, 15) is 4.79 Å². The molecular formula is C22H31BrN2O. The summed E-state index contributed by atoms with van der Waals surface area (Å²) in [4.78, 5) is 12.3. The minimum Gasteiger partial charge on any atom is -0.366 e. The van der Waals surface area contributed by atoms with Crippen molar-refractivity contribution >= 4 is 21.8 Å². The predicted octanol–water partition coefficient (Wildman–Crippen LogP) is 6.10. The van der Waals surface area contributed by atoms with Crippen LogP contribution in [0.5, 0.6) is 0 Å². The van der Waals surface area contributed by atoms with Gasteiger partial charge in [-0.3, -0.25) is 4.79 Å². The molecule has 0 spiro atoms. The van der Waals surface area contributed by atoms with E-state index >= 15 is 0 Å². The maximum Gasteiger partial charge on any atom is 0.251 e. The first-order valence-corrected chi connectivity index (χ1v) is 10.4. The van der Waals surface area contributed by atoms with Crippen LogP contribution in [0.4, 0.5) is 0 Å². The molecule has 4 heteroatoms. The molecule has 0 radical (unpaired) electrons. The molecule has 0 aliphatic heterocycles. The highest BCUT2D eigenvalue weighted by molar-refractivity contribution is 9.10. The Morgan fingerprint density at radius 1 is 1.19 bits per heavy atom. The third-order valence-corrected chi connectivity index (χ3v) is 5.49. The fourth-order valence-corrected chi connectivity index (χ4v) is 3.78. The number of unbranched alkanes of at least 4 members (excludes halogenated alkanes) is 2. The summed E-state index contributed by atoms with van der Waals surface area (Å²) in [5.41, 5.74) is 10.9. The molecule has 2 N–H and O–H groups in total. The van der Waals surface area contributed by atoms with Gasteiger partial charge in [-0.15, -0.1) is 0 Å². The van der Waals surface area contributed by atoms with E-state index in [1.165, 1.54) is 18.5 Å². The first-order chi connectivity index (χ1) is 12.4. The van der Waals surface area contributed by atoms with Crippen LogP contribution >= 0.6 is 15.9 Å². The minimum atomic E-state index is -0.333. The minimum absolute atomic E-state index is 0.333. The standard InChI is InChI=1S/C22H31BrN2O/c1-5-6-7-8-19-21(17-9-11-18(23)12-10-17)20(22(24)26)16(4)25(19)14-13-15(2)3/h9-12,15H,5-8,13-14H2,1-4H3,(H2,24,26). The molecule has 0 atom stereocenters. The van der Waals surface area contributed by atoms with Gasteiger partial charge in [-0.2, -0.15) is 0 Å². The summed E-state index contributed by atoms with van der Waals surface area (Å²) in [5.74, 6) is 0.286. The Morgan fingerprint density at radius 2 is 1.85 bits per heavy atom. The van der Waals surface area contributed by atoms with Crippen molar-refractivity contribution in [3.8, 4) is 11.1 Å². The van der Waals surface area contributed by atoms with Crippen LogP contribution in [0, 0.1) is 12.8 Å². The Labute approximate surface area is 166 Å². The second-order valence-corrected chi connectivity index (χ2v) is 8.36. The van der Waals surface area contributed by atoms with Gasteiger partial charge in [-0.25, -0.2) is 0 Å². The van der Waals surface area contributed by atoms with Gasteiger partial charge in [0.25, 0.3) is 5.91 Å². The number of carbonyl (C=O) groups is 1. The van der Waals surface area contributed by atoms with Gasteiger partial charge in [0.1, 0.15) is 0 Å². The fraction of sp³-hybridized carbons (Fsp3) is 0.500. The first-order valence-electron chi connectivity index (χ1n) is 9.64. The fourth-order valence-electron chi connectivity index (χ4n) is 3.52. The van der Waals surface area contributed by atoms with E-state index in [1.807, 2.05) is 19.1 Å². The molecule has 0 saturated heterocycles. The van der Waals surface area contributed by atoms with Crippen LogP contribution in [0.25, 0.3) is 11.1 Å². The number of halogens is 1. The van der Waals surface area contributed by atoms with Crippen LogP contribution in [0.1, 0.15) is 68.2 Å². The summed E-state index contributed by atoms with van der Waals surface area (Å²) in [6.07, 6.45) is 5.57. The maximum atomic E-state index is 12.3. The highest BCUT2D eigenvalue weighted by Gasteiger charge is 2.24. The van der Waals surface area contributed by atoms with E-state index in [0.717, 1.165) is 47.1 Å². The van der Waals surface area contributed by atoms with Crippen LogP contribution in [-0.4, -0.2) is 10.5 Å². The average molecular weight is 419 g/mol. The molecule has 2 rings (SSSR count). The summed E-state index contributed by atoms with van der Waals surface area (Å²) in [5, 5.41) is 0. The summed E-state index contributed by atoms with van der Waals surface area (Å²) in [6.45, 7) is 9.65. The Bertz CT molecular complexity index is 744. The van der Waals surface area contributed by atoms with Crippen molar-refractivity contribution < 1.29 is 4.79 Å². The lowest BCUT2D eigenvalue weighted by Crippen LogP contribution is -2.13. The summed E-state index contributed by atoms with van der Waals surface area (Å²) in [6, 6.07) is 8.19. The van der Waals surface area contributed by atoms with E-state index in [4.69, 9.17) is 5.73 Å². The van der Waals surface area contributed by atoms with E-state index in [0.29, 0.717) is 11.5 Å². The number of aromatic nitrogens is 1. The number of rotatable bonds is 9. The molecule has 1 amide bonds. The first kappa shape index (κ1) is 20.8. The van der Waals surface area contributed by atoms with Crippen LogP contribution < -0.4 is 5.73 Å². The number of amides is 1. The van der Waals surface area contributed by atoms with Gasteiger partial charge in [-0.05, 0) is 49.8 Å². The summed E-state index contributed by atoms with van der Waals surface area (Å²) >= 11 is 3.50. The van der Waals surface area contributed by atoms with Crippen molar-refractivity contribution in [2.24, 2.45) is 11.7 Å². The monoisotopic (exact) mass is 418 g/mol. The quantitative estimate of drug-likeness (QED) is 0.490. The Balaban J connectivity index is 2.61. The normalized spacial score (nSPS) is 11.3. The molecule has 26 heavy (non-hydrogen) atoms. The highest BCUT2D eigenvalue weighted by atomic mass is 79.9. The summed E-state index contributed by atoms with van der Waals surface area (Å²) in [7, 11) is 0. The van der Waals surface area contributed by atoms with E-state index in [2.05, 4.69) is 53.4 Å². The Kier molecular flexibility index (Phi) is 7.51. The number of primary amides is 1. The Morgan fingerprint density at radius 3 is 2.38 bits per heavy atom. The second kappa shape index (κ2) is 9.40. The smallest absolute Gasteiger partial charge is 0.251 e. The van der Waals surface area contributed by atoms with Crippen molar-refractivity contribution in [2.75, 3.05) is 0 Å². The molecule has 1 heterocycles. The van der Waals surface area contributed by atoms with Gasteiger partial charge in [0, 0.05) is 28.0 Å². The molecule has 0 fully saturated rings. The van der Waals surface area contributed by atoms with Gasteiger partial charge in [0.15, 0.2) is 0 Å². The number of nitrogens with two attached hydrogens (primary N) is 1. The second-order valence-electron chi connectivity index (χ2n) is 7.44. The van der Waals surface area contributed by atoms with Crippen molar-refractivity contribution in [3.63, 3.8) is 0 Å². The van der Waals surface area contributed by atoms with Gasteiger partial charge >= 0.3 is 0 Å². The van der Waals surface area contributed by atoms with Crippen molar-refractivity contribution in [3.05, 3.63) is 45.7 Å². The molecule has 1 aromatic heterocycles. The van der Waals surface area contributed by atoms with Crippen LogP contribution in [0.3, 0.4) is 0 Å². The Hall–Kier alpha value is -1.55. The van der Waals surface area contributed by atoms with Crippen LogP contribution in [0.15, 0.2) is 28.7 Å². The topological polar surface area (TPSA) is 48.0 Å². The van der Waals surface area contributed by atoms with Crippen molar-refractivity contribution in [1.29, 1.82) is 0 Å². The number of nitrogens with zero attached hydrogens (tertiary/aromatic N) is 1. The lowest BCUT2D eigenvalue weighted by atomic mass is 9.97. The molecule has 0 bridgehead atoms. The molecule has 3 nitrogen and oxygen atoms in total. The number of hydrogen-bond acceptors (Lipinski definition) is 1. The third-order valence-electron chi connectivity index (χ3n) is 4.96. The van der Waals surface area contributed by atoms with Gasteiger partial charge in [0.2, 0.25) is 0 Å². The zero-order valence-corrected chi connectivity index (χ0v) is 18.0. The zero-order chi connectivity index (χ0) is 19.3. The van der Waals surface area contributed by atoms with Crippen molar-refractivity contribution in [1.82, 2.24) is 4.57 Å². The van der Waals surface area contributed by atoms with Gasteiger partial charge < -0.3 is 10.3 Å². The molecule has 0 aliphatic rings. The highest BCUT2D eigenvalue weighted by Crippen LogP contribution is 2.35. The molecule has 0 unspecified atom stereocenters. The maximum absolute atomic E-state index is 12.3. The number of benzene rings is 1. The van der Waals surface area contributed by atoms with E-state index in [-0.39, 0.29) is 5.91 Å². The molecule has 0 aliphatic carbocycles. The molecule has 142 valence electrons.